The maximum atomic E-state index is 12.7. The molecule has 1 aromatic carbocycles. The second-order valence-electron chi connectivity index (χ2n) is 5.94. The topological polar surface area (TPSA) is 41.6 Å². The van der Waals surface area contributed by atoms with Crippen molar-refractivity contribution < 1.29 is 9.53 Å². The van der Waals surface area contributed by atoms with Gasteiger partial charge in [-0.1, -0.05) is 30.7 Å². The smallest absolute Gasteiger partial charge is 0.227 e. The van der Waals surface area contributed by atoms with Gasteiger partial charge in [0.25, 0.3) is 0 Å². The van der Waals surface area contributed by atoms with Crippen molar-refractivity contribution in [1.82, 2.24) is 10.2 Å². The Morgan fingerprint density at radius 2 is 2.10 bits per heavy atom. The average Bonchev–Trinajstić information content (AvgIpc) is 2.93. The van der Waals surface area contributed by atoms with Crippen LogP contribution in [0.3, 0.4) is 0 Å². The van der Waals surface area contributed by atoms with E-state index < -0.39 is 0 Å². The first-order chi connectivity index (χ1) is 10.1. The van der Waals surface area contributed by atoms with Gasteiger partial charge < -0.3 is 15.0 Å². The van der Waals surface area contributed by atoms with Crippen molar-refractivity contribution in [3.8, 4) is 0 Å². The minimum absolute atomic E-state index is 0.0513. The third-order valence-electron chi connectivity index (χ3n) is 4.45. The number of halogens is 1. The molecule has 2 fully saturated rings. The summed E-state index contributed by atoms with van der Waals surface area (Å²) in [5, 5.41) is 4.01. The standard InChI is InChI=1S/C16H21ClN2O2/c1-11-8-18-9-14(11)16(20)19-6-7-21-15(10-19)12-2-4-13(17)5-3-12/h2-5,11,14-15,18H,6-10H2,1H3. The summed E-state index contributed by atoms with van der Waals surface area (Å²) in [6, 6.07) is 7.68. The molecule has 1 amide bonds. The van der Waals surface area contributed by atoms with Crippen LogP contribution in [0.5, 0.6) is 0 Å². The predicted octanol–water partition coefficient (Wildman–Crippen LogP) is 2.10. The molecule has 5 heteroatoms. The van der Waals surface area contributed by atoms with Gasteiger partial charge in [0.1, 0.15) is 6.10 Å². The Morgan fingerprint density at radius 1 is 1.33 bits per heavy atom. The Balaban J connectivity index is 1.68. The summed E-state index contributed by atoms with van der Waals surface area (Å²) in [5.74, 6) is 0.776. The van der Waals surface area contributed by atoms with Crippen molar-refractivity contribution in [3.05, 3.63) is 34.9 Å². The molecule has 0 saturated carbocycles. The Morgan fingerprint density at radius 3 is 2.76 bits per heavy atom. The van der Waals surface area contributed by atoms with Gasteiger partial charge in [-0.15, -0.1) is 0 Å². The number of carbonyl (C=O) groups is 1. The van der Waals surface area contributed by atoms with Crippen LogP contribution in [-0.4, -0.2) is 43.6 Å². The van der Waals surface area contributed by atoms with Gasteiger partial charge in [-0.2, -0.15) is 0 Å². The highest BCUT2D eigenvalue weighted by molar-refractivity contribution is 6.30. The fourth-order valence-corrected chi connectivity index (χ4v) is 3.23. The highest BCUT2D eigenvalue weighted by atomic mass is 35.5. The number of morpholine rings is 1. The van der Waals surface area contributed by atoms with Gasteiger partial charge in [-0.05, 0) is 30.2 Å². The number of nitrogens with zero attached hydrogens (tertiary/aromatic N) is 1. The second kappa shape index (κ2) is 6.34. The molecule has 3 rings (SSSR count). The van der Waals surface area contributed by atoms with Gasteiger partial charge in [-0.25, -0.2) is 0 Å². The van der Waals surface area contributed by atoms with Crippen LogP contribution in [0.2, 0.25) is 5.02 Å². The quantitative estimate of drug-likeness (QED) is 0.909. The van der Waals surface area contributed by atoms with Gasteiger partial charge in [0, 0.05) is 18.1 Å². The van der Waals surface area contributed by atoms with E-state index in [1.54, 1.807) is 0 Å². The summed E-state index contributed by atoms with van der Waals surface area (Å²) < 4.78 is 5.82. The van der Waals surface area contributed by atoms with E-state index in [4.69, 9.17) is 16.3 Å². The van der Waals surface area contributed by atoms with Crippen LogP contribution in [0.25, 0.3) is 0 Å². The normalized spacial score (nSPS) is 29.6. The molecule has 0 spiro atoms. The third-order valence-corrected chi connectivity index (χ3v) is 4.71. The number of hydrogen-bond acceptors (Lipinski definition) is 3. The molecule has 3 unspecified atom stereocenters. The summed E-state index contributed by atoms with van der Waals surface area (Å²) in [5.41, 5.74) is 1.08. The zero-order valence-corrected chi connectivity index (χ0v) is 13.0. The molecule has 0 radical (unpaired) electrons. The lowest BCUT2D eigenvalue weighted by atomic mass is 9.96. The Labute approximate surface area is 130 Å². The van der Waals surface area contributed by atoms with Crippen LogP contribution in [0, 0.1) is 11.8 Å². The molecule has 3 atom stereocenters. The van der Waals surface area contributed by atoms with Crippen molar-refractivity contribution >= 4 is 17.5 Å². The van der Waals surface area contributed by atoms with E-state index in [9.17, 15) is 4.79 Å². The van der Waals surface area contributed by atoms with Crippen LogP contribution in [-0.2, 0) is 9.53 Å². The monoisotopic (exact) mass is 308 g/mol. The molecular weight excluding hydrogens is 288 g/mol. The minimum atomic E-state index is -0.0513. The molecule has 1 aromatic rings. The van der Waals surface area contributed by atoms with E-state index in [1.807, 2.05) is 29.2 Å². The molecule has 0 aliphatic carbocycles. The van der Waals surface area contributed by atoms with Gasteiger partial charge in [0.15, 0.2) is 0 Å². The molecule has 2 saturated heterocycles. The van der Waals surface area contributed by atoms with Gasteiger partial charge >= 0.3 is 0 Å². The Bertz CT molecular complexity index is 506. The molecule has 2 aliphatic rings. The number of carbonyl (C=O) groups excluding carboxylic acids is 1. The molecular formula is C16H21ClN2O2. The van der Waals surface area contributed by atoms with Crippen LogP contribution >= 0.6 is 11.6 Å². The zero-order valence-electron chi connectivity index (χ0n) is 12.2. The van der Waals surface area contributed by atoms with Crippen molar-refractivity contribution in [2.24, 2.45) is 11.8 Å². The number of ether oxygens (including phenoxy) is 1. The highest BCUT2D eigenvalue weighted by Gasteiger charge is 2.35. The summed E-state index contributed by atoms with van der Waals surface area (Å²) >= 11 is 5.92. The number of nitrogens with one attached hydrogen (secondary N) is 1. The lowest BCUT2D eigenvalue weighted by Gasteiger charge is -2.35. The minimum Gasteiger partial charge on any atom is -0.370 e. The first-order valence-corrected chi connectivity index (χ1v) is 7.89. The van der Waals surface area contributed by atoms with E-state index in [2.05, 4.69) is 12.2 Å². The number of rotatable bonds is 2. The van der Waals surface area contributed by atoms with Crippen molar-refractivity contribution in [2.45, 2.75) is 13.0 Å². The van der Waals surface area contributed by atoms with Gasteiger partial charge in [-0.3, -0.25) is 4.79 Å². The van der Waals surface area contributed by atoms with Gasteiger partial charge in [0.2, 0.25) is 5.91 Å². The summed E-state index contributed by atoms with van der Waals surface area (Å²) in [6.07, 6.45) is -0.0513. The van der Waals surface area contributed by atoms with Crippen molar-refractivity contribution in [1.29, 1.82) is 0 Å². The van der Waals surface area contributed by atoms with Gasteiger partial charge in [0.05, 0.1) is 19.1 Å². The molecule has 1 N–H and O–H groups in total. The number of amides is 1. The maximum Gasteiger partial charge on any atom is 0.227 e. The molecule has 0 bridgehead atoms. The third kappa shape index (κ3) is 3.23. The number of hydrogen-bond donors (Lipinski definition) is 1. The Hall–Kier alpha value is -1.10. The molecule has 2 aliphatic heterocycles. The fraction of sp³-hybridized carbons (Fsp3) is 0.562. The molecule has 4 nitrogen and oxygen atoms in total. The second-order valence-corrected chi connectivity index (χ2v) is 6.37. The first-order valence-electron chi connectivity index (χ1n) is 7.51. The van der Waals surface area contributed by atoms with E-state index in [1.165, 1.54) is 0 Å². The van der Waals surface area contributed by atoms with Crippen LogP contribution in [0.1, 0.15) is 18.6 Å². The number of benzene rings is 1. The summed E-state index contributed by atoms with van der Waals surface area (Å²) in [7, 11) is 0. The summed E-state index contributed by atoms with van der Waals surface area (Å²) in [6.45, 7) is 5.77. The van der Waals surface area contributed by atoms with E-state index in [-0.39, 0.29) is 17.9 Å². The maximum absolute atomic E-state index is 12.7. The molecule has 0 aromatic heterocycles. The van der Waals surface area contributed by atoms with Crippen molar-refractivity contribution in [3.63, 3.8) is 0 Å². The van der Waals surface area contributed by atoms with Crippen LogP contribution in [0.4, 0.5) is 0 Å². The molecule has 2 heterocycles. The predicted molar refractivity (Wildman–Crippen MR) is 82.2 cm³/mol. The molecule has 114 valence electrons. The largest absolute Gasteiger partial charge is 0.370 e. The van der Waals surface area contributed by atoms with E-state index in [0.29, 0.717) is 30.6 Å². The average molecular weight is 309 g/mol. The molecule has 21 heavy (non-hydrogen) atoms. The SMILES string of the molecule is CC1CNCC1C(=O)N1CCOC(c2ccc(Cl)cc2)C1. The first kappa shape index (κ1) is 14.8. The highest BCUT2D eigenvalue weighted by Crippen LogP contribution is 2.26. The van der Waals surface area contributed by atoms with Crippen LogP contribution in [0.15, 0.2) is 24.3 Å². The van der Waals surface area contributed by atoms with E-state index >= 15 is 0 Å². The Kier molecular flexibility index (Phi) is 4.48. The lowest BCUT2D eigenvalue weighted by Crippen LogP contribution is -2.46. The summed E-state index contributed by atoms with van der Waals surface area (Å²) in [4.78, 5) is 14.6. The zero-order chi connectivity index (χ0) is 14.8. The fourth-order valence-electron chi connectivity index (χ4n) is 3.10. The van der Waals surface area contributed by atoms with E-state index in [0.717, 1.165) is 18.7 Å². The van der Waals surface area contributed by atoms with Crippen LogP contribution < -0.4 is 5.32 Å². The lowest BCUT2D eigenvalue weighted by molar-refractivity contribution is -0.143. The van der Waals surface area contributed by atoms with Crippen molar-refractivity contribution in [2.75, 3.05) is 32.8 Å².